The second kappa shape index (κ2) is 6.74. The number of rotatable bonds is 5. The molecular weight excluding hydrogens is 268 g/mol. The van der Waals surface area contributed by atoms with E-state index >= 15 is 0 Å². The molecule has 0 bridgehead atoms. The summed E-state index contributed by atoms with van der Waals surface area (Å²) in [7, 11) is 1.90. The van der Waals surface area contributed by atoms with Gasteiger partial charge in [0, 0.05) is 44.4 Å². The van der Waals surface area contributed by atoms with Crippen molar-refractivity contribution in [3.8, 4) is 0 Å². The summed E-state index contributed by atoms with van der Waals surface area (Å²) >= 11 is 0. The monoisotopic (exact) mass is 292 g/mol. The van der Waals surface area contributed by atoms with Crippen molar-refractivity contribution < 1.29 is 9.59 Å². The SMILES string of the molecule is CCCC1NC(=O)CC(C)N(CCc2ccnn2C)C1=O. The van der Waals surface area contributed by atoms with E-state index in [1.807, 2.05) is 36.5 Å². The van der Waals surface area contributed by atoms with Gasteiger partial charge in [-0.25, -0.2) is 0 Å². The van der Waals surface area contributed by atoms with Gasteiger partial charge in [-0.1, -0.05) is 13.3 Å². The van der Waals surface area contributed by atoms with Crippen molar-refractivity contribution in [3.05, 3.63) is 18.0 Å². The van der Waals surface area contributed by atoms with E-state index in [1.165, 1.54) is 0 Å². The molecule has 0 aromatic carbocycles. The Balaban J connectivity index is 2.08. The average Bonchev–Trinajstić information content (AvgIpc) is 2.79. The van der Waals surface area contributed by atoms with Gasteiger partial charge in [-0.15, -0.1) is 0 Å². The van der Waals surface area contributed by atoms with E-state index in [4.69, 9.17) is 0 Å². The lowest BCUT2D eigenvalue weighted by Gasteiger charge is -2.28. The topological polar surface area (TPSA) is 67.2 Å². The standard InChI is InChI=1S/C15H24N4O2/c1-4-5-13-15(21)19(11(2)10-14(20)17-13)9-7-12-6-8-16-18(12)3/h6,8,11,13H,4-5,7,9-10H2,1-3H3,(H,17,20). The smallest absolute Gasteiger partial charge is 0.245 e. The molecule has 0 spiro atoms. The largest absolute Gasteiger partial charge is 0.344 e. The van der Waals surface area contributed by atoms with Crippen molar-refractivity contribution in [2.45, 2.75) is 51.6 Å². The Labute approximate surface area is 125 Å². The third kappa shape index (κ3) is 3.62. The fourth-order valence-corrected chi connectivity index (χ4v) is 2.81. The maximum atomic E-state index is 12.6. The molecule has 2 unspecified atom stereocenters. The molecule has 1 aromatic rings. The van der Waals surface area contributed by atoms with Gasteiger partial charge in [0.25, 0.3) is 0 Å². The van der Waals surface area contributed by atoms with Gasteiger partial charge in [-0.05, 0) is 19.4 Å². The molecule has 1 saturated heterocycles. The number of hydrogen-bond donors (Lipinski definition) is 1. The number of nitrogens with zero attached hydrogens (tertiary/aromatic N) is 3. The van der Waals surface area contributed by atoms with E-state index in [0.717, 1.165) is 18.5 Å². The van der Waals surface area contributed by atoms with Crippen LogP contribution in [0, 0.1) is 0 Å². The van der Waals surface area contributed by atoms with Gasteiger partial charge in [0.15, 0.2) is 0 Å². The minimum atomic E-state index is -0.376. The molecule has 1 N–H and O–H groups in total. The van der Waals surface area contributed by atoms with Crippen LogP contribution >= 0.6 is 0 Å². The van der Waals surface area contributed by atoms with E-state index in [2.05, 4.69) is 10.4 Å². The van der Waals surface area contributed by atoms with Crippen LogP contribution in [0.1, 0.15) is 38.8 Å². The van der Waals surface area contributed by atoms with Crippen molar-refractivity contribution >= 4 is 11.8 Å². The Morgan fingerprint density at radius 2 is 2.19 bits per heavy atom. The lowest BCUT2D eigenvalue weighted by Crippen LogP contribution is -2.47. The molecule has 1 aromatic heterocycles. The summed E-state index contributed by atoms with van der Waals surface area (Å²) < 4.78 is 1.82. The molecule has 1 aliphatic rings. The molecule has 21 heavy (non-hydrogen) atoms. The molecule has 0 aliphatic carbocycles. The Hall–Kier alpha value is -1.85. The minimum Gasteiger partial charge on any atom is -0.344 e. The second-order valence-corrected chi connectivity index (χ2v) is 5.69. The van der Waals surface area contributed by atoms with Crippen LogP contribution in [0.15, 0.2) is 12.3 Å². The van der Waals surface area contributed by atoms with Gasteiger partial charge in [0.05, 0.1) is 0 Å². The maximum Gasteiger partial charge on any atom is 0.245 e. The summed E-state index contributed by atoms with van der Waals surface area (Å²) in [5.41, 5.74) is 1.09. The number of aryl methyl sites for hydroxylation is 1. The van der Waals surface area contributed by atoms with E-state index in [9.17, 15) is 9.59 Å². The number of carbonyl (C=O) groups is 2. The average molecular weight is 292 g/mol. The van der Waals surface area contributed by atoms with Gasteiger partial charge in [0.1, 0.15) is 6.04 Å². The predicted octanol–water partition coefficient (Wildman–Crippen LogP) is 0.868. The van der Waals surface area contributed by atoms with Gasteiger partial charge < -0.3 is 10.2 Å². The first-order chi connectivity index (χ1) is 10.0. The fourth-order valence-electron chi connectivity index (χ4n) is 2.81. The number of nitrogens with one attached hydrogen (secondary N) is 1. The van der Waals surface area contributed by atoms with E-state index in [0.29, 0.717) is 19.4 Å². The molecule has 6 nitrogen and oxygen atoms in total. The van der Waals surface area contributed by atoms with E-state index in [1.54, 1.807) is 6.20 Å². The molecule has 6 heteroatoms. The van der Waals surface area contributed by atoms with Gasteiger partial charge in [-0.2, -0.15) is 5.10 Å². The molecule has 2 rings (SSSR count). The number of aromatic nitrogens is 2. The molecule has 0 radical (unpaired) electrons. The molecule has 2 heterocycles. The van der Waals surface area contributed by atoms with Crippen molar-refractivity contribution in [1.29, 1.82) is 0 Å². The van der Waals surface area contributed by atoms with Crippen LogP contribution in [0.2, 0.25) is 0 Å². The molecule has 2 amide bonds. The summed E-state index contributed by atoms with van der Waals surface area (Å²) in [6, 6.07) is 1.52. The highest BCUT2D eigenvalue weighted by Crippen LogP contribution is 2.15. The van der Waals surface area contributed by atoms with Crippen LogP contribution in [0.3, 0.4) is 0 Å². The molecule has 1 aliphatic heterocycles. The third-order valence-corrected chi connectivity index (χ3v) is 4.04. The zero-order valence-corrected chi connectivity index (χ0v) is 13.0. The highest BCUT2D eigenvalue weighted by Gasteiger charge is 2.33. The van der Waals surface area contributed by atoms with Crippen molar-refractivity contribution in [1.82, 2.24) is 20.0 Å². The Kier molecular flexibility index (Phi) is 4.98. The lowest BCUT2D eigenvalue weighted by atomic mass is 10.1. The highest BCUT2D eigenvalue weighted by atomic mass is 16.2. The zero-order valence-electron chi connectivity index (χ0n) is 13.0. The number of amides is 2. The maximum absolute atomic E-state index is 12.6. The minimum absolute atomic E-state index is 0.0302. The summed E-state index contributed by atoms with van der Waals surface area (Å²) in [6.45, 7) is 4.58. The zero-order chi connectivity index (χ0) is 15.4. The second-order valence-electron chi connectivity index (χ2n) is 5.69. The molecule has 2 atom stereocenters. The van der Waals surface area contributed by atoms with Crippen molar-refractivity contribution in [2.24, 2.45) is 7.05 Å². The first kappa shape index (κ1) is 15.5. The van der Waals surface area contributed by atoms with Gasteiger partial charge in [0.2, 0.25) is 11.8 Å². The number of carbonyl (C=O) groups excluding carboxylic acids is 2. The summed E-state index contributed by atoms with van der Waals surface area (Å²) in [4.78, 5) is 26.3. The molecule has 116 valence electrons. The van der Waals surface area contributed by atoms with Crippen LogP contribution in [0.4, 0.5) is 0 Å². The quantitative estimate of drug-likeness (QED) is 0.875. The fraction of sp³-hybridized carbons (Fsp3) is 0.667. The Bertz CT molecular complexity index is 512. The number of hydrogen-bond acceptors (Lipinski definition) is 3. The van der Waals surface area contributed by atoms with Crippen molar-refractivity contribution in [3.63, 3.8) is 0 Å². The van der Waals surface area contributed by atoms with Crippen LogP contribution in [-0.2, 0) is 23.1 Å². The van der Waals surface area contributed by atoms with E-state index in [-0.39, 0.29) is 23.9 Å². The van der Waals surface area contributed by atoms with Gasteiger partial charge >= 0.3 is 0 Å². The van der Waals surface area contributed by atoms with Crippen LogP contribution in [0.5, 0.6) is 0 Å². The summed E-state index contributed by atoms with van der Waals surface area (Å²) in [5, 5.41) is 6.99. The molecule has 1 fully saturated rings. The summed E-state index contributed by atoms with van der Waals surface area (Å²) in [5.74, 6) is 0.00898. The van der Waals surface area contributed by atoms with Crippen LogP contribution in [-0.4, -0.2) is 45.1 Å². The Morgan fingerprint density at radius 1 is 1.43 bits per heavy atom. The Morgan fingerprint density at radius 3 is 2.81 bits per heavy atom. The lowest BCUT2D eigenvalue weighted by molar-refractivity contribution is -0.135. The van der Waals surface area contributed by atoms with Crippen LogP contribution in [0.25, 0.3) is 0 Å². The summed E-state index contributed by atoms with van der Waals surface area (Å²) in [6.07, 6.45) is 4.45. The molecular formula is C15H24N4O2. The normalized spacial score (nSPS) is 23.1. The predicted molar refractivity (Wildman–Crippen MR) is 79.5 cm³/mol. The van der Waals surface area contributed by atoms with Gasteiger partial charge in [-0.3, -0.25) is 14.3 Å². The molecule has 0 saturated carbocycles. The third-order valence-electron chi connectivity index (χ3n) is 4.04. The van der Waals surface area contributed by atoms with E-state index < -0.39 is 0 Å². The first-order valence-corrected chi connectivity index (χ1v) is 7.59. The van der Waals surface area contributed by atoms with Crippen LogP contribution < -0.4 is 5.32 Å². The van der Waals surface area contributed by atoms with Crippen molar-refractivity contribution in [2.75, 3.05) is 6.54 Å². The highest BCUT2D eigenvalue weighted by molar-refractivity contribution is 5.90. The first-order valence-electron chi connectivity index (χ1n) is 7.59.